The van der Waals surface area contributed by atoms with Gasteiger partial charge in [0.1, 0.15) is 5.75 Å². The normalized spacial score (nSPS) is 12.1. The maximum absolute atomic E-state index is 10.8. The van der Waals surface area contributed by atoms with Gasteiger partial charge in [-0.25, -0.2) is 4.79 Å². The summed E-state index contributed by atoms with van der Waals surface area (Å²) in [6.07, 6.45) is 0. The Morgan fingerprint density at radius 3 is 2.81 bits per heavy atom. The third kappa shape index (κ3) is 3.13. The Morgan fingerprint density at radius 1 is 1.56 bits per heavy atom. The number of hydrogen-bond donors (Lipinski definition) is 3. The Hall–Kier alpha value is -1.75. The van der Waals surface area contributed by atoms with E-state index in [9.17, 15) is 4.79 Å². The molecule has 0 spiro atoms. The van der Waals surface area contributed by atoms with E-state index in [1.807, 2.05) is 6.92 Å². The monoisotopic (exact) mass is 225 g/mol. The van der Waals surface area contributed by atoms with Crippen molar-refractivity contribution in [2.45, 2.75) is 6.92 Å². The lowest BCUT2D eigenvalue weighted by atomic mass is 10.1. The Balaban J connectivity index is 2.75. The molecule has 4 N–H and O–H groups in total. The molecule has 1 rings (SSSR count). The minimum absolute atomic E-state index is 0.00540. The highest BCUT2D eigenvalue weighted by Gasteiger charge is 2.09. The molecular formula is C11H15NO4. The van der Waals surface area contributed by atoms with Gasteiger partial charge in [-0.2, -0.15) is 0 Å². The first kappa shape index (κ1) is 12.3. The van der Waals surface area contributed by atoms with Crippen LogP contribution >= 0.6 is 0 Å². The van der Waals surface area contributed by atoms with Gasteiger partial charge in [-0.1, -0.05) is 6.92 Å². The molecule has 1 unspecified atom stereocenters. The Kier molecular flexibility index (Phi) is 4.13. The van der Waals surface area contributed by atoms with Crippen molar-refractivity contribution in [1.82, 2.24) is 0 Å². The maximum Gasteiger partial charge on any atom is 0.337 e. The van der Waals surface area contributed by atoms with Crippen LogP contribution in [0.25, 0.3) is 0 Å². The summed E-state index contributed by atoms with van der Waals surface area (Å²) >= 11 is 0. The van der Waals surface area contributed by atoms with E-state index in [0.717, 1.165) is 0 Å². The number of nitrogen functional groups attached to an aromatic ring is 1. The second-order valence-corrected chi connectivity index (χ2v) is 3.65. The van der Waals surface area contributed by atoms with Crippen LogP contribution in [0.3, 0.4) is 0 Å². The quantitative estimate of drug-likeness (QED) is 0.649. The maximum atomic E-state index is 10.8. The second-order valence-electron chi connectivity index (χ2n) is 3.65. The zero-order valence-corrected chi connectivity index (χ0v) is 9.01. The highest BCUT2D eigenvalue weighted by atomic mass is 16.5. The van der Waals surface area contributed by atoms with Gasteiger partial charge in [0.2, 0.25) is 0 Å². The average Bonchev–Trinajstić information content (AvgIpc) is 2.27. The molecule has 1 aromatic rings. The summed E-state index contributed by atoms with van der Waals surface area (Å²) < 4.78 is 5.33. The molecule has 0 aliphatic rings. The smallest absolute Gasteiger partial charge is 0.337 e. The SMILES string of the molecule is CC(CO)COc1ccc(N)c(C(=O)O)c1. The Morgan fingerprint density at radius 2 is 2.25 bits per heavy atom. The highest BCUT2D eigenvalue weighted by molar-refractivity contribution is 5.94. The summed E-state index contributed by atoms with van der Waals surface area (Å²) in [4.78, 5) is 10.8. The number of rotatable bonds is 5. The van der Waals surface area contributed by atoms with Crippen LogP contribution < -0.4 is 10.5 Å². The van der Waals surface area contributed by atoms with Crippen LogP contribution in [0, 0.1) is 5.92 Å². The lowest BCUT2D eigenvalue weighted by Gasteiger charge is -2.11. The molecule has 0 heterocycles. The molecule has 5 heteroatoms. The molecule has 0 saturated carbocycles. The van der Waals surface area contributed by atoms with Gasteiger partial charge in [-0.3, -0.25) is 0 Å². The third-order valence-corrected chi connectivity index (χ3v) is 2.10. The van der Waals surface area contributed by atoms with Gasteiger partial charge in [-0.05, 0) is 18.2 Å². The zero-order chi connectivity index (χ0) is 12.1. The molecule has 0 fully saturated rings. The molecule has 88 valence electrons. The van der Waals surface area contributed by atoms with Crippen molar-refractivity contribution in [3.63, 3.8) is 0 Å². The molecule has 5 nitrogen and oxygen atoms in total. The lowest BCUT2D eigenvalue weighted by Crippen LogP contribution is -2.12. The number of aromatic carboxylic acids is 1. The highest BCUT2D eigenvalue weighted by Crippen LogP contribution is 2.20. The minimum atomic E-state index is -1.09. The van der Waals surface area contributed by atoms with Crippen LogP contribution in [-0.4, -0.2) is 29.4 Å². The topological polar surface area (TPSA) is 92.8 Å². The summed E-state index contributed by atoms with van der Waals surface area (Å²) in [6, 6.07) is 4.47. The average molecular weight is 225 g/mol. The van der Waals surface area contributed by atoms with Crippen LogP contribution in [0.15, 0.2) is 18.2 Å². The number of carboxylic acids is 1. The van der Waals surface area contributed by atoms with Crippen molar-refractivity contribution in [3.05, 3.63) is 23.8 Å². The number of aliphatic hydroxyl groups is 1. The minimum Gasteiger partial charge on any atom is -0.493 e. The standard InChI is InChI=1S/C11H15NO4/c1-7(5-13)6-16-8-2-3-10(12)9(4-8)11(14)15/h2-4,7,13H,5-6,12H2,1H3,(H,14,15). The largest absolute Gasteiger partial charge is 0.493 e. The first-order chi connectivity index (χ1) is 7.54. The summed E-state index contributed by atoms with van der Waals surface area (Å²) in [5.41, 5.74) is 5.72. The van der Waals surface area contributed by atoms with Crippen LogP contribution in [-0.2, 0) is 0 Å². The number of ether oxygens (including phenoxy) is 1. The van der Waals surface area contributed by atoms with E-state index >= 15 is 0 Å². The Bertz CT molecular complexity index is 378. The lowest BCUT2D eigenvalue weighted by molar-refractivity contribution is 0.0697. The second kappa shape index (κ2) is 5.37. The van der Waals surface area contributed by atoms with Crippen LogP contribution in [0.4, 0.5) is 5.69 Å². The zero-order valence-electron chi connectivity index (χ0n) is 9.01. The van der Waals surface area contributed by atoms with Crippen LogP contribution in [0.2, 0.25) is 0 Å². The van der Waals surface area contributed by atoms with Crippen LogP contribution in [0.5, 0.6) is 5.75 Å². The first-order valence-electron chi connectivity index (χ1n) is 4.91. The molecule has 0 aromatic heterocycles. The number of carboxylic acid groups (broad SMARTS) is 1. The van der Waals surface area contributed by atoms with Crippen molar-refractivity contribution in [3.8, 4) is 5.75 Å². The van der Waals surface area contributed by atoms with E-state index in [1.165, 1.54) is 12.1 Å². The predicted molar refractivity (Wildman–Crippen MR) is 59.6 cm³/mol. The summed E-state index contributed by atoms with van der Waals surface area (Å²) in [5.74, 6) is -0.643. The number of hydrogen-bond acceptors (Lipinski definition) is 4. The van der Waals surface area contributed by atoms with E-state index in [-0.39, 0.29) is 23.8 Å². The fourth-order valence-corrected chi connectivity index (χ4v) is 1.10. The molecule has 0 aliphatic heterocycles. The van der Waals surface area contributed by atoms with E-state index in [0.29, 0.717) is 12.4 Å². The first-order valence-corrected chi connectivity index (χ1v) is 4.91. The van der Waals surface area contributed by atoms with Gasteiger partial charge in [0.15, 0.2) is 0 Å². The fraction of sp³-hybridized carbons (Fsp3) is 0.364. The van der Waals surface area contributed by atoms with Crippen molar-refractivity contribution < 1.29 is 19.7 Å². The molecular weight excluding hydrogens is 210 g/mol. The van der Waals surface area contributed by atoms with E-state index < -0.39 is 5.97 Å². The van der Waals surface area contributed by atoms with Gasteiger partial charge in [0.25, 0.3) is 0 Å². The number of aliphatic hydroxyl groups excluding tert-OH is 1. The van der Waals surface area contributed by atoms with Gasteiger partial charge in [0, 0.05) is 18.2 Å². The summed E-state index contributed by atoms with van der Waals surface area (Å²) in [5, 5.41) is 17.6. The molecule has 1 atom stereocenters. The van der Waals surface area contributed by atoms with Gasteiger partial charge >= 0.3 is 5.97 Å². The van der Waals surface area contributed by atoms with E-state index in [2.05, 4.69) is 0 Å². The van der Waals surface area contributed by atoms with E-state index in [1.54, 1.807) is 6.07 Å². The number of nitrogens with two attached hydrogens (primary N) is 1. The summed E-state index contributed by atoms with van der Waals surface area (Å²) in [7, 11) is 0. The van der Waals surface area contributed by atoms with Crippen molar-refractivity contribution in [1.29, 1.82) is 0 Å². The third-order valence-electron chi connectivity index (χ3n) is 2.10. The predicted octanol–water partition coefficient (Wildman–Crippen LogP) is 0.974. The molecule has 0 bridgehead atoms. The molecule has 0 saturated heterocycles. The number of benzene rings is 1. The summed E-state index contributed by atoms with van der Waals surface area (Å²) in [6.45, 7) is 2.19. The van der Waals surface area contributed by atoms with Gasteiger partial charge in [0.05, 0.1) is 12.2 Å². The van der Waals surface area contributed by atoms with Crippen LogP contribution in [0.1, 0.15) is 17.3 Å². The molecule has 0 radical (unpaired) electrons. The number of carbonyl (C=O) groups is 1. The van der Waals surface area contributed by atoms with E-state index in [4.69, 9.17) is 20.7 Å². The van der Waals surface area contributed by atoms with Crippen molar-refractivity contribution in [2.24, 2.45) is 5.92 Å². The molecule has 0 aliphatic carbocycles. The molecule has 1 aromatic carbocycles. The van der Waals surface area contributed by atoms with Crippen molar-refractivity contribution >= 4 is 11.7 Å². The molecule has 16 heavy (non-hydrogen) atoms. The fourth-order valence-electron chi connectivity index (χ4n) is 1.10. The molecule has 0 amide bonds. The number of anilines is 1. The van der Waals surface area contributed by atoms with Crippen molar-refractivity contribution in [2.75, 3.05) is 18.9 Å². The van der Waals surface area contributed by atoms with Gasteiger partial charge < -0.3 is 20.7 Å². The Labute approximate surface area is 93.5 Å². The van der Waals surface area contributed by atoms with Gasteiger partial charge in [-0.15, -0.1) is 0 Å².